The van der Waals surface area contributed by atoms with Gasteiger partial charge in [0.05, 0.1) is 5.69 Å². The molecule has 2 aromatic rings. The van der Waals surface area contributed by atoms with Crippen LogP contribution < -0.4 is 5.56 Å². The predicted molar refractivity (Wildman–Crippen MR) is 80.7 cm³/mol. The van der Waals surface area contributed by atoms with Crippen molar-refractivity contribution in [3.63, 3.8) is 0 Å². The Morgan fingerprint density at radius 1 is 1.19 bits per heavy atom. The minimum atomic E-state index is -1.16. The summed E-state index contributed by atoms with van der Waals surface area (Å²) in [5.41, 5.74) is 2.43. The molecule has 0 amide bonds. The summed E-state index contributed by atoms with van der Waals surface area (Å²) in [5, 5.41) is 9.11. The summed E-state index contributed by atoms with van der Waals surface area (Å²) < 4.78 is 1.64. The van der Waals surface area contributed by atoms with E-state index in [9.17, 15) is 9.59 Å². The molecule has 0 spiro atoms. The fraction of sp³-hybridized carbons (Fsp3) is 0.294. The average molecular weight is 283 g/mol. The monoisotopic (exact) mass is 283 g/mol. The van der Waals surface area contributed by atoms with Crippen molar-refractivity contribution in [2.45, 2.75) is 32.2 Å². The lowest BCUT2D eigenvalue weighted by Gasteiger charge is -2.13. The number of aryl methyl sites for hydroxylation is 1. The van der Waals surface area contributed by atoms with Crippen LogP contribution >= 0.6 is 0 Å². The van der Waals surface area contributed by atoms with Gasteiger partial charge in [0.2, 0.25) is 0 Å². The van der Waals surface area contributed by atoms with E-state index in [1.54, 1.807) is 10.6 Å². The van der Waals surface area contributed by atoms with Crippen molar-refractivity contribution in [3.8, 4) is 11.3 Å². The van der Waals surface area contributed by atoms with E-state index in [-0.39, 0.29) is 11.6 Å². The number of hydrogen-bond donors (Lipinski definition) is 1. The Hall–Kier alpha value is -2.36. The summed E-state index contributed by atoms with van der Waals surface area (Å²) in [6.07, 6.45) is 2.83. The molecule has 1 aliphatic rings. The van der Waals surface area contributed by atoms with Crippen molar-refractivity contribution >= 4 is 5.97 Å². The largest absolute Gasteiger partial charge is 0.477 e. The normalized spacial score (nSPS) is 14.1. The first-order chi connectivity index (χ1) is 10.1. The number of aromatic carboxylic acids is 1. The fourth-order valence-electron chi connectivity index (χ4n) is 2.56. The smallest absolute Gasteiger partial charge is 0.341 e. The van der Waals surface area contributed by atoms with Gasteiger partial charge in [-0.25, -0.2) is 4.79 Å². The van der Waals surface area contributed by atoms with Crippen LogP contribution in [0.25, 0.3) is 11.3 Å². The highest BCUT2D eigenvalue weighted by Gasteiger charge is 2.28. The lowest BCUT2D eigenvalue weighted by molar-refractivity contribution is 0.0694. The molecule has 1 aliphatic carbocycles. The van der Waals surface area contributed by atoms with Gasteiger partial charge in [-0.3, -0.25) is 4.79 Å². The van der Waals surface area contributed by atoms with Crippen LogP contribution in [0.5, 0.6) is 0 Å². The van der Waals surface area contributed by atoms with Crippen LogP contribution in [0.15, 0.2) is 41.2 Å². The molecule has 1 aromatic heterocycles. The Bertz CT molecular complexity index is 740. The molecular weight excluding hydrogens is 266 g/mol. The Balaban J connectivity index is 2.15. The van der Waals surface area contributed by atoms with E-state index in [4.69, 9.17) is 5.11 Å². The molecule has 4 nitrogen and oxygen atoms in total. The van der Waals surface area contributed by atoms with Crippen molar-refractivity contribution in [1.82, 2.24) is 4.57 Å². The van der Waals surface area contributed by atoms with Gasteiger partial charge < -0.3 is 9.67 Å². The van der Waals surface area contributed by atoms with Gasteiger partial charge in [0, 0.05) is 6.04 Å². The molecule has 1 N–H and O–H groups in total. The molecule has 0 aliphatic heterocycles. The maximum atomic E-state index is 12.4. The third-order valence-electron chi connectivity index (χ3n) is 3.92. The molecule has 21 heavy (non-hydrogen) atoms. The minimum absolute atomic E-state index is 0.137. The van der Waals surface area contributed by atoms with E-state index >= 15 is 0 Å². The molecule has 0 unspecified atom stereocenters. The number of aromatic nitrogens is 1. The number of pyridine rings is 1. The minimum Gasteiger partial charge on any atom is -0.477 e. The van der Waals surface area contributed by atoms with Crippen molar-refractivity contribution in [3.05, 3.63) is 57.9 Å². The highest BCUT2D eigenvalue weighted by Crippen LogP contribution is 2.37. The van der Waals surface area contributed by atoms with E-state index < -0.39 is 11.5 Å². The number of carbonyl (C=O) groups is 1. The number of rotatable bonds is 4. The van der Waals surface area contributed by atoms with Crippen LogP contribution in [-0.4, -0.2) is 15.6 Å². The number of hydrogen-bond acceptors (Lipinski definition) is 2. The van der Waals surface area contributed by atoms with Crippen molar-refractivity contribution in [1.29, 1.82) is 0 Å². The van der Waals surface area contributed by atoms with Crippen LogP contribution in [0.4, 0.5) is 0 Å². The molecule has 1 aromatic carbocycles. The number of nitrogens with zero attached hydrogens (tertiary/aromatic N) is 1. The van der Waals surface area contributed by atoms with Crippen molar-refractivity contribution < 1.29 is 9.90 Å². The van der Waals surface area contributed by atoms with E-state index in [0.717, 1.165) is 30.5 Å². The Morgan fingerprint density at radius 3 is 2.38 bits per heavy atom. The molecule has 0 atom stereocenters. The van der Waals surface area contributed by atoms with E-state index in [0.29, 0.717) is 0 Å². The highest BCUT2D eigenvalue weighted by atomic mass is 16.4. The number of benzene rings is 1. The van der Waals surface area contributed by atoms with Crippen LogP contribution in [0.3, 0.4) is 0 Å². The Labute approximate surface area is 122 Å². The lowest BCUT2D eigenvalue weighted by atomic mass is 10.1. The second kappa shape index (κ2) is 5.20. The summed E-state index contributed by atoms with van der Waals surface area (Å²) >= 11 is 0. The van der Waals surface area contributed by atoms with E-state index in [1.165, 1.54) is 11.6 Å². The topological polar surface area (TPSA) is 59.3 Å². The third kappa shape index (κ3) is 2.49. The average Bonchev–Trinajstić information content (AvgIpc) is 3.31. The maximum Gasteiger partial charge on any atom is 0.341 e. The second-order valence-electron chi connectivity index (χ2n) is 5.39. The first-order valence-electron chi connectivity index (χ1n) is 7.20. The molecular formula is C17H17NO3. The molecule has 0 radical (unpaired) electrons. The predicted octanol–water partition coefficient (Wildman–Crippen LogP) is 3.11. The first-order valence-corrected chi connectivity index (χ1v) is 7.20. The van der Waals surface area contributed by atoms with Gasteiger partial charge >= 0.3 is 5.97 Å². The molecule has 108 valence electrons. The van der Waals surface area contributed by atoms with E-state index in [2.05, 4.69) is 6.92 Å². The zero-order chi connectivity index (χ0) is 15.0. The highest BCUT2D eigenvalue weighted by molar-refractivity contribution is 5.87. The first kappa shape index (κ1) is 13.6. The molecule has 1 heterocycles. The zero-order valence-corrected chi connectivity index (χ0v) is 11.9. The van der Waals surface area contributed by atoms with Crippen molar-refractivity contribution in [2.24, 2.45) is 0 Å². The van der Waals surface area contributed by atoms with Gasteiger partial charge in [0.25, 0.3) is 5.56 Å². The molecule has 0 saturated heterocycles. The molecule has 1 fully saturated rings. The summed E-state index contributed by atoms with van der Waals surface area (Å²) in [6.45, 7) is 2.09. The summed E-state index contributed by atoms with van der Waals surface area (Å²) in [5.74, 6) is -1.16. The van der Waals surface area contributed by atoms with Crippen molar-refractivity contribution in [2.75, 3.05) is 0 Å². The standard InChI is InChI=1S/C17H17NO3/c1-2-11-3-5-12(6-4-11)15-10-9-14(17(20)21)16(19)18(15)13-7-8-13/h3-6,9-10,13H,2,7-8H2,1H3,(H,20,21). The van der Waals surface area contributed by atoms with Crippen LogP contribution in [-0.2, 0) is 6.42 Å². The maximum absolute atomic E-state index is 12.4. The lowest BCUT2D eigenvalue weighted by Crippen LogP contribution is -2.26. The number of carboxylic acids is 1. The van der Waals surface area contributed by atoms with Gasteiger partial charge in [-0.15, -0.1) is 0 Å². The fourth-order valence-corrected chi connectivity index (χ4v) is 2.56. The summed E-state index contributed by atoms with van der Waals surface area (Å²) in [6, 6.07) is 11.4. The summed E-state index contributed by atoms with van der Waals surface area (Å²) in [4.78, 5) is 23.5. The summed E-state index contributed by atoms with van der Waals surface area (Å²) in [7, 11) is 0. The van der Waals surface area contributed by atoms with Gasteiger partial charge in [0.1, 0.15) is 5.56 Å². The van der Waals surface area contributed by atoms with Gasteiger partial charge in [-0.1, -0.05) is 31.2 Å². The van der Waals surface area contributed by atoms with Gasteiger partial charge in [0.15, 0.2) is 0 Å². The van der Waals surface area contributed by atoms with Crippen LogP contribution in [0.2, 0.25) is 0 Å². The quantitative estimate of drug-likeness (QED) is 0.938. The van der Waals surface area contributed by atoms with Crippen LogP contribution in [0, 0.1) is 0 Å². The molecule has 1 saturated carbocycles. The van der Waals surface area contributed by atoms with Crippen LogP contribution in [0.1, 0.15) is 41.7 Å². The molecule has 4 heteroatoms. The zero-order valence-electron chi connectivity index (χ0n) is 11.9. The Kier molecular flexibility index (Phi) is 3.37. The number of carboxylic acid groups (broad SMARTS) is 1. The van der Waals surface area contributed by atoms with E-state index in [1.807, 2.05) is 24.3 Å². The van der Waals surface area contributed by atoms with Gasteiger partial charge in [-0.2, -0.15) is 0 Å². The van der Waals surface area contributed by atoms with Gasteiger partial charge in [-0.05, 0) is 42.5 Å². The second-order valence-corrected chi connectivity index (χ2v) is 5.39. The molecule has 0 bridgehead atoms. The molecule has 3 rings (SSSR count). The Morgan fingerprint density at radius 2 is 1.86 bits per heavy atom. The SMILES string of the molecule is CCc1ccc(-c2ccc(C(=O)O)c(=O)n2C2CC2)cc1. The third-order valence-corrected chi connectivity index (χ3v) is 3.92.